The number of urea groups is 1. The molecular weight excluding hydrogens is 330 g/mol. The smallest absolute Gasteiger partial charge is 0.319 e. The van der Waals surface area contributed by atoms with Gasteiger partial charge in [0.1, 0.15) is 23.4 Å². The Morgan fingerprint density at radius 3 is 2.48 bits per heavy atom. The largest absolute Gasteiger partial charge is 0.473 e. The van der Waals surface area contributed by atoms with Crippen LogP contribution in [0, 0.1) is 11.6 Å². The molecule has 6 nitrogen and oxygen atoms in total. The number of rotatable bonds is 4. The first-order valence-corrected chi connectivity index (χ1v) is 8.06. The summed E-state index contributed by atoms with van der Waals surface area (Å²) in [5, 5.41) is 4.97. The zero-order valence-electron chi connectivity index (χ0n) is 13.4. The van der Waals surface area contributed by atoms with Gasteiger partial charge in [-0.05, 0) is 37.8 Å². The molecule has 1 fully saturated rings. The molecule has 3 rings (SSSR count). The van der Waals surface area contributed by atoms with E-state index in [4.69, 9.17) is 4.74 Å². The number of anilines is 1. The Hall–Kier alpha value is -2.77. The SMILES string of the molecule is O=C(Nc1c(F)cccc1F)NC1CCC(Oc2cnccn2)CC1. The molecule has 2 N–H and O–H groups in total. The summed E-state index contributed by atoms with van der Waals surface area (Å²) in [6.07, 6.45) is 7.61. The van der Waals surface area contributed by atoms with E-state index in [0.717, 1.165) is 25.0 Å². The van der Waals surface area contributed by atoms with Gasteiger partial charge in [0.2, 0.25) is 5.88 Å². The Morgan fingerprint density at radius 2 is 1.84 bits per heavy atom. The summed E-state index contributed by atoms with van der Waals surface area (Å²) in [5.74, 6) is -1.14. The summed E-state index contributed by atoms with van der Waals surface area (Å²) in [5.41, 5.74) is -0.445. The molecule has 0 radical (unpaired) electrons. The van der Waals surface area contributed by atoms with Crippen molar-refractivity contribution in [1.82, 2.24) is 15.3 Å². The molecule has 1 aromatic heterocycles. The van der Waals surface area contributed by atoms with E-state index in [9.17, 15) is 13.6 Å². The van der Waals surface area contributed by atoms with E-state index in [0.29, 0.717) is 18.7 Å². The molecule has 0 atom stereocenters. The first kappa shape index (κ1) is 17.1. The highest BCUT2D eigenvalue weighted by atomic mass is 19.1. The van der Waals surface area contributed by atoms with Gasteiger partial charge in [0, 0.05) is 18.4 Å². The lowest BCUT2D eigenvalue weighted by atomic mass is 9.93. The van der Waals surface area contributed by atoms with Crippen LogP contribution in [0.25, 0.3) is 0 Å². The summed E-state index contributed by atoms with van der Waals surface area (Å²) in [7, 11) is 0. The van der Waals surface area contributed by atoms with Gasteiger partial charge >= 0.3 is 6.03 Å². The van der Waals surface area contributed by atoms with Crippen LogP contribution >= 0.6 is 0 Å². The zero-order valence-corrected chi connectivity index (χ0v) is 13.4. The Bertz CT molecular complexity index is 702. The van der Waals surface area contributed by atoms with Gasteiger partial charge in [-0.1, -0.05) is 6.07 Å². The van der Waals surface area contributed by atoms with Gasteiger partial charge in [-0.15, -0.1) is 0 Å². The van der Waals surface area contributed by atoms with Crippen molar-refractivity contribution < 1.29 is 18.3 Å². The zero-order chi connectivity index (χ0) is 17.6. The maximum Gasteiger partial charge on any atom is 0.319 e. The van der Waals surface area contributed by atoms with Crippen LogP contribution in [0.2, 0.25) is 0 Å². The number of carbonyl (C=O) groups is 1. The molecule has 1 aromatic carbocycles. The third-order valence-corrected chi connectivity index (χ3v) is 4.04. The van der Waals surface area contributed by atoms with Crippen LogP contribution in [-0.2, 0) is 0 Å². The van der Waals surface area contributed by atoms with Crippen molar-refractivity contribution in [2.75, 3.05) is 5.32 Å². The Labute approximate surface area is 143 Å². The molecule has 2 amide bonds. The fourth-order valence-corrected chi connectivity index (χ4v) is 2.79. The van der Waals surface area contributed by atoms with Crippen molar-refractivity contribution in [1.29, 1.82) is 0 Å². The van der Waals surface area contributed by atoms with Gasteiger partial charge < -0.3 is 15.4 Å². The van der Waals surface area contributed by atoms with E-state index in [1.807, 2.05) is 0 Å². The minimum atomic E-state index is -0.809. The number of para-hydroxylation sites is 1. The van der Waals surface area contributed by atoms with Gasteiger partial charge in [0.25, 0.3) is 0 Å². The molecule has 8 heteroatoms. The first-order chi connectivity index (χ1) is 12.1. The van der Waals surface area contributed by atoms with Gasteiger partial charge in [-0.2, -0.15) is 0 Å². The van der Waals surface area contributed by atoms with E-state index >= 15 is 0 Å². The van der Waals surface area contributed by atoms with Crippen molar-refractivity contribution in [3.05, 3.63) is 48.4 Å². The summed E-state index contributed by atoms with van der Waals surface area (Å²) < 4.78 is 32.8. The molecule has 0 unspecified atom stereocenters. The van der Waals surface area contributed by atoms with Crippen LogP contribution < -0.4 is 15.4 Å². The fraction of sp³-hybridized carbons (Fsp3) is 0.353. The average molecular weight is 348 g/mol. The maximum absolute atomic E-state index is 13.5. The number of amides is 2. The van der Waals surface area contributed by atoms with Crippen molar-refractivity contribution in [3.8, 4) is 5.88 Å². The number of nitrogens with zero attached hydrogens (tertiary/aromatic N) is 2. The average Bonchev–Trinajstić information content (AvgIpc) is 2.61. The van der Waals surface area contributed by atoms with E-state index in [2.05, 4.69) is 20.6 Å². The molecule has 2 aromatic rings. The second-order valence-electron chi connectivity index (χ2n) is 5.83. The Balaban J connectivity index is 1.46. The highest BCUT2D eigenvalue weighted by Crippen LogP contribution is 2.23. The predicted molar refractivity (Wildman–Crippen MR) is 87.2 cm³/mol. The predicted octanol–water partition coefficient (Wildman–Crippen LogP) is 3.27. The maximum atomic E-state index is 13.5. The quantitative estimate of drug-likeness (QED) is 0.889. The van der Waals surface area contributed by atoms with Gasteiger partial charge in [0.05, 0.1) is 6.20 Å². The Kier molecular flexibility index (Phi) is 5.37. The van der Waals surface area contributed by atoms with Crippen LogP contribution in [0.1, 0.15) is 25.7 Å². The van der Waals surface area contributed by atoms with Crippen LogP contribution in [-0.4, -0.2) is 28.1 Å². The topological polar surface area (TPSA) is 76.1 Å². The number of carbonyl (C=O) groups excluding carboxylic acids is 1. The number of benzene rings is 1. The lowest BCUT2D eigenvalue weighted by molar-refractivity contribution is 0.135. The van der Waals surface area contributed by atoms with Crippen LogP contribution in [0.15, 0.2) is 36.8 Å². The molecule has 0 aliphatic heterocycles. The molecule has 1 aliphatic rings. The number of ether oxygens (including phenoxy) is 1. The summed E-state index contributed by atoms with van der Waals surface area (Å²) in [6, 6.07) is 2.73. The number of hydrogen-bond donors (Lipinski definition) is 2. The van der Waals surface area contributed by atoms with E-state index < -0.39 is 23.4 Å². The summed E-state index contributed by atoms with van der Waals surface area (Å²) >= 11 is 0. The first-order valence-electron chi connectivity index (χ1n) is 8.06. The molecule has 132 valence electrons. The Morgan fingerprint density at radius 1 is 1.12 bits per heavy atom. The molecule has 1 heterocycles. The third kappa shape index (κ3) is 4.62. The number of nitrogens with one attached hydrogen (secondary N) is 2. The monoisotopic (exact) mass is 348 g/mol. The highest BCUT2D eigenvalue weighted by molar-refractivity contribution is 5.89. The van der Waals surface area contributed by atoms with Gasteiger partial charge in [0.15, 0.2) is 0 Å². The highest BCUT2D eigenvalue weighted by Gasteiger charge is 2.24. The number of hydrogen-bond acceptors (Lipinski definition) is 4. The minimum Gasteiger partial charge on any atom is -0.473 e. The molecule has 0 saturated heterocycles. The molecule has 1 aliphatic carbocycles. The minimum absolute atomic E-state index is 0.0156. The van der Waals surface area contributed by atoms with Crippen LogP contribution in [0.5, 0.6) is 5.88 Å². The van der Waals surface area contributed by atoms with Gasteiger partial charge in [-0.25, -0.2) is 18.6 Å². The fourth-order valence-electron chi connectivity index (χ4n) is 2.79. The number of halogens is 2. The van der Waals surface area contributed by atoms with E-state index in [-0.39, 0.29) is 12.1 Å². The molecule has 0 bridgehead atoms. The van der Waals surface area contributed by atoms with Crippen molar-refractivity contribution in [3.63, 3.8) is 0 Å². The second-order valence-corrected chi connectivity index (χ2v) is 5.83. The third-order valence-electron chi connectivity index (χ3n) is 4.04. The molecule has 0 spiro atoms. The summed E-state index contributed by atoms with van der Waals surface area (Å²) in [6.45, 7) is 0. The van der Waals surface area contributed by atoms with Crippen molar-refractivity contribution in [2.45, 2.75) is 37.8 Å². The van der Waals surface area contributed by atoms with Crippen molar-refractivity contribution in [2.24, 2.45) is 0 Å². The second kappa shape index (κ2) is 7.87. The normalized spacial score (nSPS) is 19.9. The lowest BCUT2D eigenvalue weighted by Crippen LogP contribution is -2.42. The molecular formula is C17H18F2N4O2. The molecule has 25 heavy (non-hydrogen) atoms. The lowest BCUT2D eigenvalue weighted by Gasteiger charge is -2.29. The van der Waals surface area contributed by atoms with E-state index in [1.165, 1.54) is 6.07 Å². The van der Waals surface area contributed by atoms with Crippen LogP contribution in [0.3, 0.4) is 0 Å². The van der Waals surface area contributed by atoms with E-state index in [1.54, 1.807) is 18.6 Å². The van der Waals surface area contributed by atoms with Crippen molar-refractivity contribution >= 4 is 11.7 Å². The molecule has 1 saturated carbocycles. The summed E-state index contributed by atoms with van der Waals surface area (Å²) in [4.78, 5) is 20.0. The standard InChI is InChI=1S/C17H18F2N4O2/c18-13-2-1-3-14(19)16(13)23-17(24)22-11-4-6-12(7-5-11)25-15-10-20-8-9-21-15/h1-3,8-12H,4-7H2,(H2,22,23,24). The number of aromatic nitrogens is 2. The van der Waals surface area contributed by atoms with Crippen LogP contribution in [0.4, 0.5) is 19.3 Å². The van der Waals surface area contributed by atoms with Gasteiger partial charge in [-0.3, -0.25) is 4.98 Å².